The van der Waals surface area contributed by atoms with Crippen LogP contribution in [0.3, 0.4) is 0 Å². The molecule has 5 N–H and O–H groups in total. The van der Waals surface area contributed by atoms with Gasteiger partial charge in [0.15, 0.2) is 0 Å². The second-order valence-electron chi connectivity index (χ2n) is 6.34. The average molecular weight is 401 g/mol. The Morgan fingerprint density at radius 3 is 2.21 bits per heavy atom. The summed E-state index contributed by atoms with van der Waals surface area (Å²) in [6.45, 7) is 1.42. The van der Waals surface area contributed by atoms with Gasteiger partial charge in [0.1, 0.15) is 24.4 Å². The van der Waals surface area contributed by atoms with Crippen LogP contribution in [0.1, 0.15) is 18.1 Å². The van der Waals surface area contributed by atoms with Crippen LogP contribution in [0.4, 0.5) is 4.79 Å². The zero-order valence-corrected chi connectivity index (χ0v) is 15.8. The van der Waals surface area contributed by atoms with Crippen molar-refractivity contribution in [3.05, 3.63) is 65.7 Å². The molecule has 9 heteroatoms. The Bertz CT molecular complexity index is 826. The predicted molar refractivity (Wildman–Crippen MR) is 103 cm³/mol. The summed E-state index contributed by atoms with van der Waals surface area (Å²) in [6, 6.07) is 13.1. The van der Waals surface area contributed by atoms with E-state index in [1.165, 1.54) is 24.5 Å². The van der Waals surface area contributed by atoms with Gasteiger partial charge in [0, 0.05) is 6.42 Å². The van der Waals surface area contributed by atoms with Gasteiger partial charge >= 0.3 is 6.09 Å². The summed E-state index contributed by atoms with van der Waals surface area (Å²) < 4.78 is 5.15. The number of benzene rings is 2. The minimum atomic E-state index is -1.04. The van der Waals surface area contributed by atoms with Crippen molar-refractivity contribution in [2.45, 2.75) is 32.0 Å². The van der Waals surface area contributed by atoms with Crippen LogP contribution in [0.5, 0.6) is 5.75 Å². The highest BCUT2D eigenvalue weighted by Gasteiger charge is 2.25. The van der Waals surface area contributed by atoms with Gasteiger partial charge in [-0.2, -0.15) is 0 Å². The third kappa shape index (κ3) is 7.15. The van der Waals surface area contributed by atoms with Crippen molar-refractivity contribution < 1.29 is 29.4 Å². The quantitative estimate of drug-likeness (QED) is 0.333. The average Bonchev–Trinajstić information content (AvgIpc) is 2.73. The number of nitrogens with one attached hydrogen (secondary N) is 3. The van der Waals surface area contributed by atoms with Crippen molar-refractivity contribution in [1.29, 1.82) is 0 Å². The lowest BCUT2D eigenvalue weighted by Gasteiger charge is -2.20. The monoisotopic (exact) mass is 401 g/mol. The molecule has 29 heavy (non-hydrogen) atoms. The number of hydroxylamine groups is 1. The highest BCUT2D eigenvalue weighted by Crippen LogP contribution is 2.12. The van der Waals surface area contributed by atoms with Gasteiger partial charge in [-0.05, 0) is 30.2 Å². The third-order valence-corrected chi connectivity index (χ3v) is 4.06. The molecule has 0 saturated carbocycles. The van der Waals surface area contributed by atoms with E-state index in [2.05, 4.69) is 10.6 Å². The van der Waals surface area contributed by atoms with Crippen LogP contribution in [0.15, 0.2) is 54.6 Å². The van der Waals surface area contributed by atoms with Crippen molar-refractivity contribution in [2.24, 2.45) is 0 Å². The molecule has 154 valence electrons. The molecular formula is C20H23N3O6. The van der Waals surface area contributed by atoms with Gasteiger partial charge in [0.25, 0.3) is 5.91 Å². The van der Waals surface area contributed by atoms with Crippen molar-refractivity contribution in [1.82, 2.24) is 16.1 Å². The standard InChI is InChI=1S/C20H23N3O6/c1-13(18(25)23-28)21-19(26)17(11-14-7-9-16(24)10-8-14)22-20(27)29-12-15-5-3-2-4-6-15/h2-10,13,17,24,28H,11-12H2,1H3,(H,21,26)(H,22,27)(H,23,25)/t13-,17-/m0/s1. The molecule has 2 atom stereocenters. The van der Waals surface area contributed by atoms with E-state index in [1.807, 2.05) is 18.2 Å². The maximum absolute atomic E-state index is 12.6. The Kier molecular flexibility index (Phi) is 7.99. The van der Waals surface area contributed by atoms with E-state index < -0.39 is 30.0 Å². The first-order chi connectivity index (χ1) is 13.9. The van der Waals surface area contributed by atoms with Gasteiger partial charge in [-0.15, -0.1) is 0 Å². The van der Waals surface area contributed by atoms with Crippen LogP contribution >= 0.6 is 0 Å². The molecule has 0 fully saturated rings. The molecule has 0 unspecified atom stereocenters. The fraction of sp³-hybridized carbons (Fsp3) is 0.250. The number of carbonyl (C=O) groups excluding carboxylic acids is 3. The van der Waals surface area contributed by atoms with Crippen LogP contribution < -0.4 is 16.1 Å². The number of rotatable bonds is 8. The fourth-order valence-electron chi connectivity index (χ4n) is 2.46. The number of phenols is 1. The molecule has 2 aromatic carbocycles. The van der Waals surface area contributed by atoms with Crippen LogP contribution in [0.25, 0.3) is 0 Å². The normalized spacial score (nSPS) is 12.3. The summed E-state index contributed by atoms with van der Waals surface area (Å²) >= 11 is 0. The van der Waals surface area contributed by atoms with Crippen LogP contribution in [-0.2, 0) is 27.4 Å². The highest BCUT2D eigenvalue weighted by molar-refractivity contribution is 5.90. The van der Waals surface area contributed by atoms with Crippen molar-refractivity contribution in [3.8, 4) is 5.75 Å². The first-order valence-corrected chi connectivity index (χ1v) is 8.88. The zero-order chi connectivity index (χ0) is 21.2. The van der Waals surface area contributed by atoms with E-state index >= 15 is 0 Å². The first-order valence-electron chi connectivity index (χ1n) is 8.88. The molecule has 0 heterocycles. The molecule has 0 bridgehead atoms. The van der Waals surface area contributed by atoms with Crippen molar-refractivity contribution in [3.63, 3.8) is 0 Å². The summed E-state index contributed by atoms with van der Waals surface area (Å²) in [5, 5.41) is 23.0. The summed E-state index contributed by atoms with van der Waals surface area (Å²) in [7, 11) is 0. The Labute approximate surface area is 167 Å². The van der Waals surface area contributed by atoms with Gasteiger partial charge < -0.3 is 20.5 Å². The lowest BCUT2D eigenvalue weighted by molar-refractivity contribution is -0.134. The van der Waals surface area contributed by atoms with Gasteiger partial charge in [0.05, 0.1) is 0 Å². The minimum Gasteiger partial charge on any atom is -0.508 e. The number of carbonyl (C=O) groups is 3. The first kappa shape index (κ1) is 21.7. The summed E-state index contributed by atoms with van der Waals surface area (Å²) in [6.07, 6.45) is -0.702. The third-order valence-electron chi connectivity index (χ3n) is 4.06. The number of hydrogen-bond donors (Lipinski definition) is 5. The highest BCUT2D eigenvalue weighted by atomic mass is 16.5. The molecule has 0 aromatic heterocycles. The van der Waals surface area contributed by atoms with Crippen LogP contribution in [0, 0.1) is 0 Å². The maximum Gasteiger partial charge on any atom is 0.408 e. The number of alkyl carbamates (subject to hydrolysis) is 1. The van der Waals surface area contributed by atoms with Crippen molar-refractivity contribution in [2.75, 3.05) is 0 Å². The van der Waals surface area contributed by atoms with Crippen molar-refractivity contribution >= 4 is 17.9 Å². The van der Waals surface area contributed by atoms with Crippen LogP contribution in [-0.4, -0.2) is 40.3 Å². The van der Waals surface area contributed by atoms with E-state index in [1.54, 1.807) is 24.3 Å². The second kappa shape index (κ2) is 10.7. The molecule has 0 aliphatic rings. The Hall–Kier alpha value is -3.59. The van der Waals surface area contributed by atoms with Gasteiger partial charge in [-0.3, -0.25) is 14.8 Å². The molecular weight excluding hydrogens is 378 g/mol. The topological polar surface area (TPSA) is 137 Å². The molecule has 0 saturated heterocycles. The fourth-order valence-corrected chi connectivity index (χ4v) is 2.46. The maximum atomic E-state index is 12.6. The number of ether oxygens (including phenoxy) is 1. The summed E-state index contributed by atoms with van der Waals surface area (Å²) in [5.41, 5.74) is 2.91. The molecule has 0 radical (unpaired) electrons. The van der Waals surface area contributed by atoms with Gasteiger partial charge in [-0.25, -0.2) is 10.3 Å². The van der Waals surface area contributed by atoms with E-state index in [0.29, 0.717) is 5.56 Å². The Morgan fingerprint density at radius 2 is 1.59 bits per heavy atom. The number of hydrogen-bond acceptors (Lipinski definition) is 6. The summed E-state index contributed by atoms with van der Waals surface area (Å²) in [4.78, 5) is 36.2. The molecule has 0 aliphatic heterocycles. The Balaban J connectivity index is 2.04. The number of amides is 3. The largest absolute Gasteiger partial charge is 0.508 e. The zero-order valence-electron chi connectivity index (χ0n) is 15.8. The minimum absolute atomic E-state index is 0.0313. The SMILES string of the molecule is C[C@H](NC(=O)[C@H](Cc1ccc(O)cc1)NC(=O)OCc1ccccc1)C(=O)NO. The number of aromatic hydroxyl groups is 1. The van der Waals surface area contributed by atoms with Gasteiger partial charge in [-0.1, -0.05) is 42.5 Å². The lowest BCUT2D eigenvalue weighted by atomic mass is 10.0. The van der Waals surface area contributed by atoms with E-state index in [0.717, 1.165) is 5.56 Å². The number of phenolic OH excluding ortho intramolecular Hbond substituents is 1. The molecule has 0 aliphatic carbocycles. The molecule has 2 aromatic rings. The predicted octanol–water partition coefficient (Wildman–Crippen LogP) is 1.24. The molecule has 0 spiro atoms. The van der Waals surface area contributed by atoms with Gasteiger partial charge in [0.2, 0.25) is 5.91 Å². The summed E-state index contributed by atoms with van der Waals surface area (Å²) in [5.74, 6) is -1.36. The Morgan fingerprint density at radius 1 is 0.931 bits per heavy atom. The molecule has 2 rings (SSSR count). The van der Waals surface area contributed by atoms with Crippen LogP contribution in [0.2, 0.25) is 0 Å². The second-order valence-corrected chi connectivity index (χ2v) is 6.34. The molecule has 9 nitrogen and oxygen atoms in total. The van der Waals surface area contributed by atoms with E-state index in [9.17, 15) is 19.5 Å². The smallest absolute Gasteiger partial charge is 0.408 e. The molecule has 3 amide bonds. The van der Waals surface area contributed by atoms with E-state index in [4.69, 9.17) is 9.94 Å². The van der Waals surface area contributed by atoms with E-state index in [-0.39, 0.29) is 18.8 Å². The lowest BCUT2D eigenvalue weighted by Crippen LogP contribution is -2.53.